The molecule has 5 rings (SSSR count). The molecular formula is C24H31N5O6S2. The summed E-state index contributed by atoms with van der Waals surface area (Å²) in [5, 5.41) is 11.8. The van der Waals surface area contributed by atoms with Crippen LogP contribution in [0.4, 0.5) is 23.0 Å². The van der Waals surface area contributed by atoms with Crippen LogP contribution in [-0.4, -0.2) is 71.1 Å². The molecule has 2 aromatic rings. The number of pyridine rings is 1. The maximum absolute atomic E-state index is 13.4. The molecule has 11 nitrogen and oxygen atoms in total. The van der Waals surface area contributed by atoms with E-state index in [1.807, 2.05) is 0 Å². The van der Waals surface area contributed by atoms with Crippen LogP contribution in [0.3, 0.4) is 0 Å². The van der Waals surface area contributed by atoms with Crippen molar-refractivity contribution in [2.45, 2.75) is 32.1 Å². The van der Waals surface area contributed by atoms with Crippen molar-refractivity contribution in [2.24, 2.45) is 5.41 Å². The molecule has 2 aliphatic heterocycles. The SMILES string of the molecule is CS(=O)(=O)N1CCc2ccc(NC(=O)c3ccc(NS(=O)(=O)CCO)cc3N3CCC4(CC3)CC4)nc21. The van der Waals surface area contributed by atoms with E-state index in [1.165, 1.54) is 23.2 Å². The molecule has 1 amide bonds. The molecule has 1 spiro atoms. The molecule has 37 heavy (non-hydrogen) atoms. The highest BCUT2D eigenvalue weighted by Crippen LogP contribution is 2.54. The number of benzene rings is 1. The van der Waals surface area contributed by atoms with Crippen LogP contribution in [0.25, 0.3) is 0 Å². The number of carbonyl (C=O) groups excluding carboxylic acids is 1. The van der Waals surface area contributed by atoms with Crippen molar-refractivity contribution in [3.8, 4) is 0 Å². The summed E-state index contributed by atoms with van der Waals surface area (Å²) >= 11 is 0. The fourth-order valence-electron chi connectivity index (χ4n) is 5.09. The summed E-state index contributed by atoms with van der Waals surface area (Å²) in [6.45, 7) is 1.33. The Morgan fingerprint density at radius 3 is 2.43 bits per heavy atom. The first kappa shape index (κ1) is 25.7. The number of rotatable bonds is 8. The first-order chi connectivity index (χ1) is 17.5. The normalized spacial score (nSPS) is 18.5. The minimum atomic E-state index is -3.73. The minimum Gasteiger partial charge on any atom is -0.395 e. The zero-order chi connectivity index (χ0) is 26.4. The van der Waals surface area contributed by atoms with E-state index in [1.54, 1.807) is 24.3 Å². The third-order valence-electron chi connectivity index (χ3n) is 7.42. The Labute approximate surface area is 217 Å². The summed E-state index contributed by atoms with van der Waals surface area (Å²) < 4.78 is 52.4. The number of amides is 1. The molecule has 0 bridgehead atoms. The van der Waals surface area contributed by atoms with Gasteiger partial charge in [-0.1, -0.05) is 6.07 Å². The molecule has 1 aromatic carbocycles. The van der Waals surface area contributed by atoms with Gasteiger partial charge in [-0.3, -0.25) is 13.8 Å². The number of anilines is 4. The molecule has 1 saturated carbocycles. The van der Waals surface area contributed by atoms with E-state index < -0.39 is 38.3 Å². The van der Waals surface area contributed by atoms with Gasteiger partial charge in [0.1, 0.15) is 11.6 Å². The Morgan fingerprint density at radius 1 is 1.05 bits per heavy atom. The number of nitrogens with one attached hydrogen (secondary N) is 2. The van der Waals surface area contributed by atoms with Crippen LogP contribution < -0.4 is 19.2 Å². The molecule has 3 heterocycles. The molecule has 1 aliphatic carbocycles. The Morgan fingerprint density at radius 2 is 1.78 bits per heavy atom. The zero-order valence-corrected chi connectivity index (χ0v) is 22.2. The lowest BCUT2D eigenvalue weighted by molar-refractivity contribution is 0.102. The molecule has 200 valence electrons. The lowest BCUT2D eigenvalue weighted by Crippen LogP contribution is -2.35. The molecule has 1 saturated heterocycles. The van der Waals surface area contributed by atoms with Crippen LogP contribution in [0.1, 0.15) is 41.6 Å². The maximum atomic E-state index is 13.4. The number of piperidine rings is 1. The summed E-state index contributed by atoms with van der Waals surface area (Å²) in [6.07, 6.45) is 6.16. The fraction of sp³-hybridized carbons (Fsp3) is 0.500. The predicted octanol–water partition coefficient (Wildman–Crippen LogP) is 1.77. The third kappa shape index (κ3) is 5.53. The standard InChI is InChI=1S/C24H31N5O6S2/c1-36(32,33)29-11-6-17-2-5-21(25-22(17)29)26-23(31)19-4-3-18(27-37(34,35)15-14-30)16-20(19)28-12-9-24(7-8-24)10-13-28/h2-5,16,27,30H,6-15H2,1H3,(H,25,26,31). The first-order valence-electron chi connectivity index (χ1n) is 12.3. The molecule has 0 radical (unpaired) electrons. The van der Waals surface area contributed by atoms with Gasteiger partial charge in [0.2, 0.25) is 20.0 Å². The van der Waals surface area contributed by atoms with Gasteiger partial charge >= 0.3 is 0 Å². The minimum absolute atomic E-state index is 0.230. The topological polar surface area (TPSA) is 149 Å². The molecular weight excluding hydrogens is 518 g/mol. The van der Waals surface area contributed by atoms with Gasteiger partial charge in [0.05, 0.1) is 35.6 Å². The van der Waals surface area contributed by atoms with Crippen LogP contribution in [0, 0.1) is 5.41 Å². The van der Waals surface area contributed by atoms with Crippen LogP contribution in [0.2, 0.25) is 0 Å². The van der Waals surface area contributed by atoms with E-state index in [0.29, 0.717) is 41.1 Å². The molecule has 1 aromatic heterocycles. The largest absolute Gasteiger partial charge is 0.395 e. The lowest BCUT2D eigenvalue weighted by Gasteiger charge is -2.35. The van der Waals surface area contributed by atoms with Crippen LogP contribution in [-0.2, 0) is 26.5 Å². The second kappa shape index (κ2) is 9.44. The summed E-state index contributed by atoms with van der Waals surface area (Å²) in [7, 11) is -7.21. The van der Waals surface area contributed by atoms with Crippen LogP contribution >= 0.6 is 0 Å². The quantitative estimate of drug-likeness (QED) is 0.451. The van der Waals surface area contributed by atoms with E-state index in [0.717, 1.165) is 37.8 Å². The van der Waals surface area contributed by atoms with Gasteiger partial charge < -0.3 is 15.3 Å². The number of carbonyl (C=O) groups is 1. The van der Waals surface area contributed by atoms with Gasteiger partial charge in [-0.15, -0.1) is 0 Å². The van der Waals surface area contributed by atoms with Crippen molar-refractivity contribution in [2.75, 3.05) is 57.5 Å². The highest BCUT2D eigenvalue weighted by atomic mass is 32.2. The van der Waals surface area contributed by atoms with Gasteiger partial charge in [-0.05, 0) is 67.3 Å². The van der Waals surface area contributed by atoms with Gasteiger partial charge in [-0.25, -0.2) is 21.8 Å². The van der Waals surface area contributed by atoms with Crippen molar-refractivity contribution in [3.05, 3.63) is 41.5 Å². The average Bonchev–Trinajstić information content (AvgIpc) is 3.43. The molecule has 3 aliphatic rings. The number of nitrogens with zero attached hydrogens (tertiary/aromatic N) is 3. The van der Waals surface area contributed by atoms with Gasteiger partial charge in [0.15, 0.2) is 0 Å². The number of sulfonamides is 2. The van der Waals surface area contributed by atoms with Crippen LogP contribution in [0.15, 0.2) is 30.3 Å². The number of aromatic nitrogens is 1. The molecule has 13 heteroatoms. The monoisotopic (exact) mass is 549 g/mol. The Hall–Kier alpha value is -2.90. The maximum Gasteiger partial charge on any atom is 0.258 e. The van der Waals surface area contributed by atoms with Gasteiger partial charge in [0.25, 0.3) is 5.91 Å². The van der Waals surface area contributed by atoms with Crippen molar-refractivity contribution >= 4 is 49.0 Å². The number of fused-ring (bicyclic) bond motifs is 1. The van der Waals surface area contributed by atoms with Gasteiger partial charge in [-0.2, -0.15) is 0 Å². The predicted molar refractivity (Wildman–Crippen MR) is 142 cm³/mol. The van der Waals surface area contributed by atoms with Crippen molar-refractivity contribution < 1.29 is 26.7 Å². The zero-order valence-electron chi connectivity index (χ0n) is 20.6. The Kier molecular flexibility index (Phi) is 6.57. The summed E-state index contributed by atoms with van der Waals surface area (Å²) in [5.74, 6) is -0.304. The van der Waals surface area contributed by atoms with Crippen molar-refractivity contribution in [1.29, 1.82) is 0 Å². The van der Waals surface area contributed by atoms with Crippen LogP contribution in [0.5, 0.6) is 0 Å². The highest BCUT2D eigenvalue weighted by Gasteiger charge is 2.44. The molecule has 0 unspecified atom stereocenters. The van der Waals surface area contributed by atoms with E-state index in [9.17, 15) is 21.6 Å². The molecule has 0 atom stereocenters. The van der Waals surface area contributed by atoms with E-state index in [4.69, 9.17) is 5.11 Å². The number of aliphatic hydroxyl groups excluding tert-OH is 1. The highest BCUT2D eigenvalue weighted by molar-refractivity contribution is 7.92. The van der Waals surface area contributed by atoms with Crippen molar-refractivity contribution in [1.82, 2.24) is 4.98 Å². The summed E-state index contributed by atoms with van der Waals surface area (Å²) in [6, 6.07) is 8.15. The lowest BCUT2D eigenvalue weighted by atomic mass is 9.93. The van der Waals surface area contributed by atoms with Crippen molar-refractivity contribution in [3.63, 3.8) is 0 Å². The fourth-order valence-corrected chi connectivity index (χ4v) is 6.81. The third-order valence-corrected chi connectivity index (χ3v) is 9.84. The Balaban J connectivity index is 1.42. The van der Waals surface area contributed by atoms with E-state index in [-0.39, 0.29) is 5.82 Å². The van der Waals surface area contributed by atoms with Gasteiger partial charge in [0, 0.05) is 19.6 Å². The molecule has 2 fully saturated rings. The number of aliphatic hydroxyl groups is 1. The first-order valence-corrected chi connectivity index (χ1v) is 15.8. The number of hydrogen-bond donors (Lipinski definition) is 3. The van der Waals surface area contributed by atoms with E-state index >= 15 is 0 Å². The second-order valence-corrected chi connectivity index (χ2v) is 13.8. The average molecular weight is 550 g/mol. The second-order valence-electron chi connectivity index (χ2n) is 10.1. The van der Waals surface area contributed by atoms with E-state index in [2.05, 4.69) is 19.9 Å². The summed E-state index contributed by atoms with van der Waals surface area (Å²) in [4.78, 5) is 19.9. The Bertz CT molecular complexity index is 1430. The summed E-state index contributed by atoms with van der Waals surface area (Å²) in [5.41, 5.74) is 2.49. The molecule has 3 N–H and O–H groups in total. The smallest absolute Gasteiger partial charge is 0.258 e. The number of hydrogen-bond acceptors (Lipinski definition) is 8.